The molecular weight excluding hydrogens is 370 g/mol. The number of carbonyl (C=O) groups is 1. The highest BCUT2D eigenvalue weighted by Gasteiger charge is 2.19. The Kier molecular flexibility index (Phi) is 7.13. The van der Waals surface area contributed by atoms with Gasteiger partial charge in [0.15, 0.2) is 0 Å². The minimum absolute atomic E-state index is 0.142. The third kappa shape index (κ3) is 5.96. The fourth-order valence-electron chi connectivity index (χ4n) is 3.38. The van der Waals surface area contributed by atoms with Gasteiger partial charge in [-0.2, -0.15) is 0 Å². The minimum Gasteiger partial charge on any atom is -0.378 e. The van der Waals surface area contributed by atoms with Crippen LogP contribution in [0.15, 0.2) is 35.1 Å². The molecule has 2 aromatic rings. The summed E-state index contributed by atoms with van der Waals surface area (Å²) in [6.07, 6.45) is 0. The number of hydrogen-bond acceptors (Lipinski definition) is 6. The number of likely N-dealkylation sites (N-methyl/N-ethyl adjacent to an activating group) is 1. The predicted octanol–water partition coefficient (Wildman–Crippen LogP) is 0.789. The standard InChI is InChI=1S/C21H29N5O3/c1-24(2)20(28)14-26-9-7-25(8-10-26)13-16-5-4-6-17(11-16)21-22-18(15-29-3)12-19(27)23-21/h4-6,11-12H,7-10,13-15H2,1-3H3,(H,22,23,27). The van der Waals surface area contributed by atoms with Crippen molar-refractivity contribution in [1.29, 1.82) is 0 Å². The Morgan fingerprint density at radius 3 is 2.59 bits per heavy atom. The Labute approximate surface area is 171 Å². The van der Waals surface area contributed by atoms with Crippen molar-refractivity contribution < 1.29 is 9.53 Å². The maximum atomic E-state index is 11.9. The monoisotopic (exact) mass is 399 g/mol. The molecule has 1 aliphatic heterocycles. The van der Waals surface area contributed by atoms with Gasteiger partial charge < -0.3 is 14.6 Å². The lowest BCUT2D eigenvalue weighted by molar-refractivity contribution is -0.130. The summed E-state index contributed by atoms with van der Waals surface area (Å²) in [5, 5.41) is 0. The summed E-state index contributed by atoms with van der Waals surface area (Å²) in [4.78, 5) is 37.3. The summed E-state index contributed by atoms with van der Waals surface area (Å²) in [6, 6.07) is 9.54. The number of amides is 1. The minimum atomic E-state index is -0.184. The molecule has 1 aromatic heterocycles. The Morgan fingerprint density at radius 1 is 1.17 bits per heavy atom. The first-order chi connectivity index (χ1) is 13.9. The van der Waals surface area contributed by atoms with Crippen LogP contribution in [0.2, 0.25) is 0 Å². The van der Waals surface area contributed by atoms with Crippen LogP contribution in [0.25, 0.3) is 11.4 Å². The molecule has 156 valence electrons. The van der Waals surface area contributed by atoms with E-state index in [2.05, 4.69) is 31.9 Å². The molecule has 0 radical (unpaired) electrons. The Balaban J connectivity index is 1.63. The second-order valence-electron chi connectivity index (χ2n) is 7.56. The van der Waals surface area contributed by atoms with E-state index in [1.54, 1.807) is 26.1 Å². The molecule has 29 heavy (non-hydrogen) atoms. The van der Waals surface area contributed by atoms with Crippen molar-refractivity contribution in [2.45, 2.75) is 13.2 Å². The summed E-state index contributed by atoms with van der Waals surface area (Å²) in [5.41, 5.74) is 2.48. The normalized spacial score (nSPS) is 15.4. The van der Waals surface area contributed by atoms with Crippen molar-refractivity contribution in [2.75, 3.05) is 53.9 Å². The second-order valence-corrected chi connectivity index (χ2v) is 7.56. The fourth-order valence-corrected chi connectivity index (χ4v) is 3.38. The van der Waals surface area contributed by atoms with E-state index >= 15 is 0 Å². The van der Waals surface area contributed by atoms with E-state index in [0.29, 0.717) is 24.7 Å². The average Bonchev–Trinajstić information content (AvgIpc) is 2.69. The van der Waals surface area contributed by atoms with E-state index in [9.17, 15) is 9.59 Å². The van der Waals surface area contributed by atoms with Gasteiger partial charge in [0, 0.05) is 65.6 Å². The van der Waals surface area contributed by atoms with Crippen LogP contribution in [0, 0.1) is 0 Å². The zero-order chi connectivity index (χ0) is 20.8. The first-order valence-corrected chi connectivity index (χ1v) is 9.78. The van der Waals surface area contributed by atoms with Crippen molar-refractivity contribution in [1.82, 2.24) is 24.7 Å². The number of benzene rings is 1. The van der Waals surface area contributed by atoms with Crippen LogP contribution < -0.4 is 5.56 Å². The molecule has 0 saturated carbocycles. The van der Waals surface area contributed by atoms with Crippen LogP contribution in [0.1, 0.15) is 11.3 Å². The smallest absolute Gasteiger partial charge is 0.251 e. The molecule has 1 N–H and O–H groups in total. The van der Waals surface area contributed by atoms with Gasteiger partial charge in [-0.15, -0.1) is 0 Å². The van der Waals surface area contributed by atoms with Crippen molar-refractivity contribution in [2.24, 2.45) is 0 Å². The fraction of sp³-hybridized carbons (Fsp3) is 0.476. The molecule has 0 bridgehead atoms. The first-order valence-electron chi connectivity index (χ1n) is 9.78. The van der Waals surface area contributed by atoms with Crippen molar-refractivity contribution in [3.8, 4) is 11.4 Å². The van der Waals surface area contributed by atoms with Gasteiger partial charge in [-0.05, 0) is 11.6 Å². The molecule has 8 nitrogen and oxygen atoms in total. The number of hydrogen-bond donors (Lipinski definition) is 1. The Hall–Kier alpha value is -2.55. The Morgan fingerprint density at radius 2 is 1.90 bits per heavy atom. The van der Waals surface area contributed by atoms with E-state index in [1.165, 1.54) is 11.6 Å². The summed E-state index contributed by atoms with van der Waals surface area (Å²) in [6.45, 7) is 5.21. The zero-order valence-corrected chi connectivity index (χ0v) is 17.4. The van der Waals surface area contributed by atoms with Crippen LogP contribution in [0.3, 0.4) is 0 Å². The lowest BCUT2D eigenvalue weighted by atomic mass is 10.1. The van der Waals surface area contributed by atoms with E-state index in [1.807, 2.05) is 12.1 Å². The maximum absolute atomic E-state index is 11.9. The number of ether oxygens (including phenoxy) is 1. The SMILES string of the molecule is COCc1cc(=O)[nH]c(-c2cccc(CN3CCN(CC(=O)N(C)C)CC3)c2)n1. The molecule has 1 aliphatic rings. The van der Waals surface area contributed by atoms with Gasteiger partial charge >= 0.3 is 0 Å². The molecule has 0 atom stereocenters. The van der Waals surface area contributed by atoms with E-state index in [0.717, 1.165) is 38.3 Å². The van der Waals surface area contributed by atoms with Gasteiger partial charge in [-0.3, -0.25) is 19.4 Å². The van der Waals surface area contributed by atoms with Gasteiger partial charge in [0.2, 0.25) is 5.91 Å². The second kappa shape index (κ2) is 9.78. The third-order valence-corrected chi connectivity index (χ3v) is 5.02. The molecule has 1 amide bonds. The highest BCUT2D eigenvalue weighted by atomic mass is 16.5. The number of piperazine rings is 1. The lowest BCUT2D eigenvalue weighted by Gasteiger charge is -2.34. The molecule has 3 rings (SSSR count). The highest BCUT2D eigenvalue weighted by molar-refractivity contribution is 5.77. The van der Waals surface area contributed by atoms with E-state index < -0.39 is 0 Å². The summed E-state index contributed by atoms with van der Waals surface area (Å²) >= 11 is 0. The van der Waals surface area contributed by atoms with Gasteiger partial charge in [0.05, 0.1) is 18.8 Å². The zero-order valence-electron chi connectivity index (χ0n) is 17.4. The van der Waals surface area contributed by atoms with Crippen LogP contribution in [-0.4, -0.2) is 84.5 Å². The number of H-pyrrole nitrogens is 1. The predicted molar refractivity (Wildman–Crippen MR) is 111 cm³/mol. The van der Waals surface area contributed by atoms with Crippen molar-refractivity contribution >= 4 is 5.91 Å². The van der Waals surface area contributed by atoms with Gasteiger partial charge in [-0.25, -0.2) is 4.98 Å². The maximum Gasteiger partial charge on any atom is 0.251 e. The molecule has 1 fully saturated rings. The molecule has 2 heterocycles. The first kappa shape index (κ1) is 21.2. The molecular formula is C21H29N5O3. The van der Waals surface area contributed by atoms with Crippen molar-refractivity contribution in [3.05, 3.63) is 51.9 Å². The lowest BCUT2D eigenvalue weighted by Crippen LogP contribution is -2.48. The highest BCUT2D eigenvalue weighted by Crippen LogP contribution is 2.18. The molecule has 1 aromatic carbocycles. The number of carbonyl (C=O) groups excluding carboxylic acids is 1. The molecule has 1 saturated heterocycles. The van der Waals surface area contributed by atoms with E-state index in [4.69, 9.17) is 4.74 Å². The van der Waals surface area contributed by atoms with Crippen LogP contribution >= 0.6 is 0 Å². The number of nitrogens with one attached hydrogen (secondary N) is 1. The van der Waals surface area contributed by atoms with Gasteiger partial charge in [0.25, 0.3) is 5.56 Å². The van der Waals surface area contributed by atoms with Crippen LogP contribution in [0.5, 0.6) is 0 Å². The van der Waals surface area contributed by atoms with Crippen LogP contribution in [-0.2, 0) is 22.7 Å². The molecule has 0 unspecified atom stereocenters. The van der Waals surface area contributed by atoms with E-state index in [-0.39, 0.29) is 11.5 Å². The van der Waals surface area contributed by atoms with Crippen LogP contribution in [0.4, 0.5) is 0 Å². The number of aromatic amines is 1. The van der Waals surface area contributed by atoms with Gasteiger partial charge in [0.1, 0.15) is 5.82 Å². The summed E-state index contributed by atoms with van der Waals surface area (Å²) in [7, 11) is 5.16. The topological polar surface area (TPSA) is 81.8 Å². The number of rotatable bonds is 7. The molecule has 8 heteroatoms. The molecule has 0 aliphatic carbocycles. The Bertz CT molecular complexity index is 888. The number of aromatic nitrogens is 2. The largest absolute Gasteiger partial charge is 0.378 e. The van der Waals surface area contributed by atoms with Gasteiger partial charge in [-0.1, -0.05) is 18.2 Å². The number of methoxy groups -OCH3 is 1. The quantitative estimate of drug-likeness (QED) is 0.741. The summed E-state index contributed by atoms with van der Waals surface area (Å²) in [5.74, 6) is 0.696. The summed E-state index contributed by atoms with van der Waals surface area (Å²) < 4.78 is 5.09. The average molecular weight is 399 g/mol. The molecule has 0 spiro atoms. The van der Waals surface area contributed by atoms with Crippen molar-refractivity contribution in [3.63, 3.8) is 0 Å². The third-order valence-electron chi connectivity index (χ3n) is 5.02. The number of nitrogens with zero attached hydrogens (tertiary/aromatic N) is 4.